The van der Waals surface area contributed by atoms with Gasteiger partial charge < -0.3 is 5.73 Å². The molecule has 1 atom stereocenters. The van der Waals surface area contributed by atoms with Crippen molar-refractivity contribution in [1.29, 1.82) is 0 Å². The molecule has 0 aliphatic rings. The average molecular weight is 301 g/mol. The zero-order valence-electron chi connectivity index (χ0n) is 8.36. The van der Waals surface area contributed by atoms with Gasteiger partial charge in [-0.1, -0.05) is 6.07 Å². The monoisotopic (exact) mass is 300 g/mol. The quantitative estimate of drug-likeness (QED) is 0.945. The van der Waals surface area contributed by atoms with Crippen molar-refractivity contribution >= 4 is 27.3 Å². The Morgan fingerprint density at radius 3 is 2.94 bits per heavy atom. The number of halogens is 2. The van der Waals surface area contributed by atoms with E-state index in [1.54, 1.807) is 23.8 Å². The Morgan fingerprint density at radius 2 is 2.31 bits per heavy atom. The number of thiazole rings is 1. The molecule has 1 unspecified atom stereocenters. The Labute approximate surface area is 105 Å². The molecule has 0 amide bonds. The van der Waals surface area contributed by atoms with Gasteiger partial charge in [-0.3, -0.25) is 4.98 Å². The normalized spacial score (nSPS) is 12.7. The van der Waals surface area contributed by atoms with Crippen molar-refractivity contribution in [2.75, 3.05) is 0 Å². The standard InChI is InChI=1S/C11H10BrFN2S/c12-8-3-7(1-2-9(8)13)4-10(14)11-5-15-6-16-11/h1-3,5-6,10H,4,14H2. The van der Waals surface area contributed by atoms with E-state index in [2.05, 4.69) is 20.9 Å². The summed E-state index contributed by atoms with van der Waals surface area (Å²) in [5.74, 6) is -0.255. The lowest BCUT2D eigenvalue weighted by atomic mass is 10.1. The fourth-order valence-corrected chi connectivity index (χ4v) is 2.48. The van der Waals surface area contributed by atoms with Gasteiger partial charge in [0.1, 0.15) is 5.82 Å². The van der Waals surface area contributed by atoms with Crippen LogP contribution in [0.4, 0.5) is 4.39 Å². The maximum atomic E-state index is 13.0. The highest BCUT2D eigenvalue weighted by Crippen LogP contribution is 2.22. The molecule has 0 radical (unpaired) electrons. The van der Waals surface area contributed by atoms with E-state index < -0.39 is 0 Å². The van der Waals surface area contributed by atoms with Gasteiger partial charge in [-0.25, -0.2) is 4.39 Å². The summed E-state index contributed by atoms with van der Waals surface area (Å²) in [6, 6.07) is 4.88. The van der Waals surface area contributed by atoms with Crippen LogP contribution in [-0.2, 0) is 6.42 Å². The molecular formula is C11H10BrFN2S. The van der Waals surface area contributed by atoms with Crippen LogP contribution in [0.1, 0.15) is 16.5 Å². The predicted octanol–water partition coefficient (Wildman–Crippen LogP) is 3.29. The lowest BCUT2D eigenvalue weighted by Crippen LogP contribution is -2.11. The number of nitrogens with two attached hydrogens (primary N) is 1. The van der Waals surface area contributed by atoms with Gasteiger partial charge in [0.25, 0.3) is 0 Å². The molecule has 0 bridgehead atoms. The molecule has 2 rings (SSSR count). The number of hydrogen-bond acceptors (Lipinski definition) is 3. The smallest absolute Gasteiger partial charge is 0.137 e. The van der Waals surface area contributed by atoms with Crippen LogP contribution >= 0.6 is 27.3 Å². The highest BCUT2D eigenvalue weighted by atomic mass is 79.9. The first-order valence-corrected chi connectivity index (χ1v) is 6.42. The van der Waals surface area contributed by atoms with Gasteiger partial charge in [-0.05, 0) is 40.0 Å². The summed E-state index contributed by atoms with van der Waals surface area (Å²) in [6.07, 6.45) is 2.45. The number of hydrogen-bond donors (Lipinski definition) is 1. The summed E-state index contributed by atoms with van der Waals surface area (Å²) in [5, 5.41) is 0. The van der Waals surface area contributed by atoms with Crippen LogP contribution in [0.2, 0.25) is 0 Å². The minimum atomic E-state index is -0.255. The molecule has 16 heavy (non-hydrogen) atoms. The van der Waals surface area contributed by atoms with Gasteiger partial charge in [0.15, 0.2) is 0 Å². The van der Waals surface area contributed by atoms with Crippen LogP contribution in [-0.4, -0.2) is 4.98 Å². The second kappa shape index (κ2) is 5.03. The van der Waals surface area contributed by atoms with Crippen LogP contribution in [0.5, 0.6) is 0 Å². The molecule has 0 fully saturated rings. The molecule has 0 aliphatic heterocycles. The van der Waals surface area contributed by atoms with E-state index in [0.29, 0.717) is 10.9 Å². The van der Waals surface area contributed by atoms with Crippen molar-refractivity contribution in [3.8, 4) is 0 Å². The van der Waals surface area contributed by atoms with E-state index in [0.717, 1.165) is 10.4 Å². The minimum absolute atomic E-state index is 0.0788. The second-order valence-electron chi connectivity index (χ2n) is 3.46. The molecule has 0 saturated heterocycles. The van der Waals surface area contributed by atoms with Crippen molar-refractivity contribution in [3.05, 3.63) is 50.6 Å². The zero-order valence-corrected chi connectivity index (χ0v) is 10.8. The highest BCUT2D eigenvalue weighted by Gasteiger charge is 2.09. The van der Waals surface area contributed by atoms with E-state index >= 15 is 0 Å². The third kappa shape index (κ3) is 2.66. The third-order valence-corrected chi connectivity index (χ3v) is 3.77. The van der Waals surface area contributed by atoms with Gasteiger partial charge in [-0.2, -0.15) is 0 Å². The predicted molar refractivity (Wildman–Crippen MR) is 66.8 cm³/mol. The van der Waals surface area contributed by atoms with E-state index in [-0.39, 0.29) is 11.9 Å². The fraction of sp³-hybridized carbons (Fsp3) is 0.182. The van der Waals surface area contributed by atoms with E-state index in [1.165, 1.54) is 17.4 Å². The van der Waals surface area contributed by atoms with Gasteiger partial charge >= 0.3 is 0 Å². The fourth-order valence-electron chi connectivity index (χ4n) is 1.43. The Hall–Kier alpha value is -0.780. The number of nitrogens with zero attached hydrogens (tertiary/aromatic N) is 1. The summed E-state index contributed by atoms with van der Waals surface area (Å²) in [4.78, 5) is 5.03. The van der Waals surface area contributed by atoms with Crippen LogP contribution in [0.25, 0.3) is 0 Å². The second-order valence-corrected chi connectivity index (χ2v) is 5.24. The number of aromatic nitrogens is 1. The molecule has 2 N–H and O–H groups in total. The molecule has 1 aromatic carbocycles. The number of rotatable bonds is 3. The summed E-state index contributed by atoms with van der Waals surface area (Å²) >= 11 is 4.69. The van der Waals surface area contributed by atoms with Crippen LogP contribution in [0.15, 0.2) is 34.4 Å². The summed E-state index contributed by atoms with van der Waals surface area (Å²) in [5.41, 5.74) is 8.79. The zero-order chi connectivity index (χ0) is 11.5. The highest BCUT2D eigenvalue weighted by molar-refractivity contribution is 9.10. The Bertz CT molecular complexity index is 473. The maximum absolute atomic E-state index is 13.0. The molecule has 1 heterocycles. The molecule has 2 nitrogen and oxygen atoms in total. The molecule has 1 aromatic heterocycles. The van der Waals surface area contributed by atoms with Crippen LogP contribution < -0.4 is 5.73 Å². The largest absolute Gasteiger partial charge is 0.323 e. The van der Waals surface area contributed by atoms with E-state index in [9.17, 15) is 4.39 Å². The number of benzene rings is 1. The minimum Gasteiger partial charge on any atom is -0.323 e. The van der Waals surface area contributed by atoms with Crippen molar-refractivity contribution in [1.82, 2.24) is 4.98 Å². The SMILES string of the molecule is NC(Cc1ccc(F)c(Br)c1)c1cncs1. The van der Waals surface area contributed by atoms with Crippen molar-refractivity contribution in [3.63, 3.8) is 0 Å². The molecule has 0 spiro atoms. The Kier molecular flexibility index (Phi) is 3.68. The molecule has 0 aliphatic carbocycles. The van der Waals surface area contributed by atoms with E-state index in [1.807, 2.05) is 0 Å². The molecular weight excluding hydrogens is 291 g/mol. The lowest BCUT2D eigenvalue weighted by Gasteiger charge is -2.09. The van der Waals surface area contributed by atoms with Crippen LogP contribution in [0.3, 0.4) is 0 Å². The van der Waals surface area contributed by atoms with Gasteiger partial charge in [0.05, 0.1) is 9.98 Å². The first-order chi connectivity index (χ1) is 7.66. The molecule has 0 saturated carbocycles. The summed E-state index contributed by atoms with van der Waals surface area (Å²) < 4.78 is 13.5. The van der Waals surface area contributed by atoms with Crippen LogP contribution in [0, 0.1) is 5.82 Å². The van der Waals surface area contributed by atoms with E-state index in [4.69, 9.17) is 5.73 Å². The topological polar surface area (TPSA) is 38.9 Å². The molecule has 84 valence electrons. The summed E-state index contributed by atoms with van der Waals surface area (Å²) in [7, 11) is 0. The first-order valence-electron chi connectivity index (χ1n) is 4.74. The average Bonchev–Trinajstić information content (AvgIpc) is 2.77. The Balaban J connectivity index is 2.12. The van der Waals surface area contributed by atoms with Gasteiger partial charge in [0.2, 0.25) is 0 Å². The van der Waals surface area contributed by atoms with Gasteiger partial charge in [0, 0.05) is 17.1 Å². The van der Waals surface area contributed by atoms with Crippen molar-refractivity contribution < 1.29 is 4.39 Å². The van der Waals surface area contributed by atoms with Crippen molar-refractivity contribution in [2.24, 2.45) is 5.73 Å². The lowest BCUT2D eigenvalue weighted by molar-refractivity contribution is 0.619. The first kappa shape index (κ1) is 11.7. The summed E-state index contributed by atoms with van der Waals surface area (Å²) in [6.45, 7) is 0. The Morgan fingerprint density at radius 1 is 1.50 bits per heavy atom. The maximum Gasteiger partial charge on any atom is 0.137 e. The third-order valence-electron chi connectivity index (χ3n) is 2.26. The molecule has 5 heteroatoms. The molecule has 2 aromatic rings. The van der Waals surface area contributed by atoms with Crippen molar-refractivity contribution in [2.45, 2.75) is 12.5 Å². The van der Waals surface area contributed by atoms with Gasteiger partial charge in [-0.15, -0.1) is 11.3 Å².